The number of hydrogen-bond donors (Lipinski definition) is 5. The summed E-state index contributed by atoms with van der Waals surface area (Å²) in [6.45, 7) is 0.951. The van der Waals surface area contributed by atoms with Crippen LogP contribution in [0.4, 0.5) is 17.6 Å². The summed E-state index contributed by atoms with van der Waals surface area (Å²) in [6.07, 6.45) is -3.73. The highest BCUT2D eigenvalue weighted by atomic mass is 32.1. The SMILES string of the molecule is CNC(=N)c1csc([C@@H](C)NC(=O)[C@@H]2CC(=C(F)F)CN2C(O)CNC(=O)c2ccc3c(c2)-c2ccccc2C3(F)F)c1. The second-order valence-electron chi connectivity index (χ2n) is 10.4. The number of carbonyl (C=O) groups is 2. The maximum atomic E-state index is 14.9. The number of hydrogen-bond acceptors (Lipinski definition) is 6. The van der Waals surface area contributed by atoms with Gasteiger partial charge in [0.2, 0.25) is 5.91 Å². The number of nitrogens with zero attached hydrogens (tertiary/aromatic N) is 1. The van der Waals surface area contributed by atoms with Crippen molar-refractivity contribution in [2.75, 3.05) is 20.1 Å². The quantitative estimate of drug-likeness (QED) is 0.145. The van der Waals surface area contributed by atoms with Crippen LogP contribution in [0.2, 0.25) is 0 Å². The summed E-state index contributed by atoms with van der Waals surface area (Å²) < 4.78 is 56.8. The third-order valence-corrected chi connectivity index (χ3v) is 8.85. The Morgan fingerprint density at radius 1 is 1.12 bits per heavy atom. The number of aliphatic hydroxyl groups is 1. The van der Waals surface area contributed by atoms with E-state index in [1.54, 1.807) is 37.6 Å². The molecule has 3 atom stereocenters. The molecule has 0 bridgehead atoms. The number of likely N-dealkylation sites (tertiary alicyclic amines) is 1. The topological polar surface area (TPSA) is 118 Å². The summed E-state index contributed by atoms with van der Waals surface area (Å²) in [5, 5.41) is 28.6. The highest BCUT2D eigenvalue weighted by Crippen LogP contribution is 2.50. The Kier molecular flexibility index (Phi) is 8.41. The summed E-state index contributed by atoms with van der Waals surface area (Å²) in [7, 11) is 1.62. The minimum Gasteiger partial charge on any atom is -0.376 e. The van der Waals surface area contributed by atoms with Crippen LogP contribution >= 0.6 is 11.3 Å². The van der Waals surface area contributed by atoms with Crippen LogP contribution in [0.1, 0.15) is 51.3 Å². The van der Waals surface area contributed by atoms with Crippen molar-refractivity contribution in [2.24, 2.45) is 0 Å². The highest BCUT2D eigenvalue weighted by molar-refractivity contribution is 7.10. The van der Waals surface area contributed by atoms with E-state index in [2.05, 4.69) is 16.0 Å². The van der Waals surface area contributed by atoms with Crippen LogP contribution in [0.15, 0.2) is 65.6 Å². The van der Waals surface area contributed by atoms with Crippen LogP contribution in [0.25, 0.3) is 11.1 Å². The fourth-order valence-corrected chi connectivity index (χ4v) is 6.30. The molecular weight excluding hydrogens is 586 g/mol. The third kappa shape index (κ3) is 5.79. The molecule has 5 rings (SSSR count). The van der Waals surface area contributed by atoms with Gasteiger partial charge in [0.1, 0.15) is 12.1 Å². The molecule has 43 heavy (non-hydrogen) atoms. The number of fused-ring (bicyclic) bond motifs is 3. The molecule has 5 N–H and O–H groups in total. The Balaban J connectivity index is 1.26. The molecule has 0 saturated carbocycles. The van der Waals surface area contributed by atoms with Gasteiger partial charge in [-0.2, -0.15) is 17.6 Å². The van der Waals surface area contributed by atoms with Crippen LogP contribution < -0.4 is 16.0 Å². The molecule has 8 nitrogen and oxygen atoms in total. The van der Waals surface area contributed by atoms with Crippen LogP contribution in [0.5, 0.6) is 0 Å². The van der Waals surface area contributed by atoms with Crippen LogP contribution in [0.3, 0.4) is 0 Å². The van der Waals surface area contributed by atoms with Crippen molar-refractivity contribution in [2.45, 2.75) is 37.6 Å². The predicted molar refractivity (Wildman–Crippen MR) is 154 cm³/mol. The Bertz CT molecular complexity index is 1620. The zero-order chi connectivity index (χ0) is 31.1. The number of rotatable bonds is 8. The second-order valence-corrected chi connectivity index (χ2v) is 11.4. The summed E-state index contributed by atoms with van der Waals surface area (Å²) in [5.41, 5.74) is 0.626. The normalized spacial score (nSPS) is 18.4. The molecule has 2 amide bonds. The molecule has 1 unspecified atom stereocenters. The summed E-state index contributed by atoms with van der Waals surface area (Å²) >= 11 is 1.33. The number of amides is 2. The number of aliphatic hydroxyl groups excluding tert-OH is 1. The van der Waals surface area contributed by atoms with E-state index in [4.69, 9.17) is 5.41 Å². The van der Waals surface area contributed by atoms with Gasteiger partial charge in [-0.1, -0.05) is 30.3 Å². The number of nitrogens with one attached hydrogen (secondary N) is 4. The molecule has 1 aromatic heterocycles. The van der Waals surface area contributed by atoms with Gasteiger partial charge in [-0.05, 0) is 42.7 Å². The van der Waals surface area contributed by atoms with E-state index >= 15 is 0 Å². The monoisotopic (exact) mass is 615 g/mol. The van der Waals surface area contributed by atoms with Crippen molar-refractivity contribution < 1.29 is 32.3 Å². The first kappa shape index (κ1) is 30.4. The van der Waals surface area contributed by atoms with Crippen molar-refractivity contribution in [1.82, 2.24) is 20.9 Å². The lowest BCUT2D eigenvalue weighted by molar-refractivity contribution is -0.129. The molecule has 2 aliphatic rings. The first-order valence-corrected chi connectivity index (χ1v) is 14.3. The molecule has 2 aromatic carbocycles. The molecule has 0 radical (unpaired) electrons. The van der Waals surface area contributed by atoms with Gasteiger partial charge in [0.15, 0.2) is 0 Å². The predicted octanol–water partition coefficient (Wildman–Crippen LogP) is 4.56. The Labute approximate surface area is 248 Å². The fourth-order valence-electron chi connectivity index (χ4n) is 5.40. The summed E-state index contributed by atoms with van der Waals surface area (Å²) in [5.74, 6) is -4.22. The fraction of sp³-hybridized carbons (Fsp3) is 0.300. The number of thiophene rings is 1. The molecular formula is C30H29F4N5O3S. The Morgan fingerprint density at radius 3 is 2.56 bits per heavy atom. The molecule has 1 fully saturated rings. The molecule has 1 saturated heterocycles. The van der Waals surface area contributed by atoms with Gasteiger partial charge in [-0.25, -0.2) is 0 Å². The van der Waals surface area contributed by atoms with Gasteiger partial charge in [0.05, 0.1) is 18.6 Å². The average Bonchev–Trinajstić information content (AvgIpc) is 3.72. The minimum atomic E-state index is -3.20. The smallest absolute Gasteiger partial charge is 0.299 e. The summed E-state index contributed by atoms with van der Waals surface area (Å²) in [4.78, 5) is 28.1. The number of amidine groups is 1. The maximum Gasteiger partial charge on any atom is 0.299 e. The van der Waals surface area contributed by atoms with E-state index in [1.807, 2.05) is 0 Å². The van der Waals surface area contributed by atoms with Crippen molar-refractivity contribution in [1.29, 1.82) is 5.41 Å². The van der Waals surface area contributed by atoms with Gasteiger partial charge >= 0.3 is 0 Å². The third-order valence-electron chi connectivity index (χ3n) is 7.73. The molecule has 1 aliphatic heterocycles. The largest absolute Gasteiger partial charge is 0.376 e. The maximum absolute atomic E-state index is 14.9. The van der Waals surface area contributed by atoms with E-state index in [0.717, 1.165) is 4.88 Å². The molecule has 226 valence electrons. The lowest BCUT2D eigenvalue weighted by Gasteiger charge is -2.29. The molecule has 1 aliphatic carbocycles. The number of carbonyl (C=O) groups excluding carboxylic acids is 2. The van der Waals surface area contributed by atoms with Gasteiger partial charge in [0, 0.05) is 51.7 Å². The van der Waals surface area contributed by atoms with E-state index in [0.29, 0.717) is 11.1 Å². The van der Waals surface area contributed by atoms with Crippen molar-refractivity contribution in [3.63, 3.8) is 0 Å². The van der Waals surface area contributed by atoms with Crippen LogP contribution in [-0.4, -0.2) is 60.1 Å². The first-order valence-electron chi connectivity index (χ1n) is 13.4. The first-order chi connectivity index (χ1) is 20.4. The minimum absolute atomic E-state index is 0.0834. The lowest BCUT2D eigenvalue weighted by Crippen LogP contribution is -2.51. The zero-order valence-corrected chi connectivity index (χ0v) is 24.0. The Morgan fingerprint density at radius 2 is 1.84 bits per heavy atom. The molecule has 0 spiro atoms. The molecule has 13 heteroatoms. The molecule has 3 aromatic rings. The van der Waals surface area contributed by atoms with Gasteiger partial charge < -0.3 is 21.1 Å². The van der Waals surface area contributed by atoms with E-state index in [9.17, 15) is 32.3 Å². The van der Waals surface area contributed by atoms with E-state index < -0.39 is 48.7 Å². The lowest BCUT2D eigenvalue weighted by atomic mass is 10.0. The van der Waals surface area contributed by atoms with Crippen molar-refractivity contribution in [3.8, 4) is 11.1 Å². The van der Waals surface area contributed by atoms with Crippen molar-refractivity contribution >= 4 is 29.0 Å². The standard InChI is InChI=1S/C30H29F4N5O3S/c1-15(24-11-18(14-43-24)27(35)36-2)38-29(42)23-10-17(26(31)32)13-39(23)25(40)12-37-28(41)16-7-8-22-20(9-16)19-5-3-4-6-21(19)30(22,33)34/h3-9,11,14-15,23,25,40H,10,12-13H2,1-2H3,(H2,35,36)(H,37,41)(H,38,42)/t15-,23+,25?/m1/s1. The van der Waals surface area contributed by atoms with Crippen molar-refractivity contribution in [3.05, 3.63) is 92.7 Å². The highest BCUT2D eigenvalue weighted by Gasteiger charge is 2.44. The number of halogens is 4. The van der Waals surface area contributed by atoms with E-state index in [-0.39, 0.29) is 46.6 Å². The Hall–Kier alpha value is -4.07. The second kappa shape index (κ2) is 11.9. The van der Waals surface area contributed by atoms with Crippen LogP contribution in [0, 0.1) is 5.41 Å². The van der Waals surface area contributed by atoms with Gasteiger partial charge in [-0.15, -0.1) is 11.3 Å². The van der Waals surface area contributed by atoms with Gasteiger partial charge in [-0.3, -0.25) is 19.9 Å². The van der Waals surface area contributed by atoms with Gasteiger partial charge in [0.25, 0.3) is 17.9 Å². The average molecular weight is 616 g/mol. The summed E-state index contributed by atoms with van der Waals surface area (Å²) in [6, 6.07) is 10.00. The zero-order valence-electron chi connectivity index (χ0n) is 23.2. The molecule has 2 heterocycles. The van der Waals surface area contributed by atoms with Crippen LogP contribution in [-0.2, 0) is 10.7 Å². The van der Waals surface area contributed by atoms with E-state index in [1.165, 1.54) is 46.6 Å². The number of benzene rings is 2. The number of alkyl halides is 2.